The quantitative estimate of drug-likeness (QED) is 0.540. The Morgan fingerprint density at radius 3 is 2.90 bits per heavy atom. The molecule has 0 spiro atoms. The van der Waals surface area contributed by atoms with Gasteiger partial charge in [0, 0.05) is 30.9 Å². The minimum absolute atomic E-state index is 0.0413. The molecule has 0 fully saturated rings. The van der Waals surface area contributed by atoms with Crippen molar-refractivity contribution in [3.63, 3.8) is 0 Å². The van der Waals surface area contributed by atoms with Crippen LogP contribution >= 0.6 is 11.3 Å². The van der Waals surface area contributed by atoms with Crippen LogP contribution < -0.4 is 10.6 Å². The maximum absolute atomic E-state index is 11.5. The number of carbonyl (C=O) groups is 1. The first-order valence-electron chi connectivity index (χ1n) is 7.33. The van der Waals surface area contributed by atoms with Crippen molar-refractivity contribution >= 4 is 17.2 Å². The summed E-state index contributed by atoms with van der Waals surface area (Å²) in [5.74, 6) is 0.504. The van der Waals surface area contributed by atoms with Crippen LogP contribution in [0.4, 0.5) is 0 Å². The summed E-state index contributed by atoms with van der Waals surface area (Å²) in [5, 5.41) is 17.6. The molecule has 1 amide bonds. The molecule has 0 aromatic carbocycles. The third-order valence-electron chi connectivity index (χ3n) is 2.75. The van der Waals surface area contributed by atoms with Crippen LogP contribution in [0.3, 0.4) is 0 Å². The Kier molecular flexibility index (Phi) is 9.25. The van der Waals surface area contributed by atoms with Gasteiger partial charge in [-0.2, -0.15) is 0 Å². The Bertz CT molecular complexity index is 382. The van der Waals surface area contributed by atoms with E-state index in [1.165, 1.54) is 0 Å². The van der Waals surface area contributed by atoms with Crippen molar-refractivity contribution in [3.8, 4) is 0 Å². The van der Waals surface area contributed by atoms with E-state index in [9.17, 15) is 9.90 Å². The standard InChI is InChI=1S/C15H26N2O3S/c1-12(2)8-17-15(19)5-6-16-9-13(18)10-20-11-14-4-3-7-21-14/h3-4,7,12-13,16,18H,5-6,8-11H2,1-2H3,(H,17,19). The van der Waals surface area contributed by atoms with Gasteiger partial charge in [0.2, 0.25) is 5.91 Å². The summed E-state index contributed by atoms with van der Waals surface area (Å²) in [6, 6.07) is 3.98. The lowest BCUT2D eigenvalue weighted by Crippen LogP contribution is -2.34. The average Bonchev–Trinajstić information content (AvgIpc) is 2.94. The fourth-order valence-corrected chi connectivity index (χ4v) is 2.27. The zero-order chi connectivity index (χ0) is 15.5. The van der Waals surface area contributed by atoms with Gasteiger partial charge in [-0.05, 0) is 17.4 Å². The van der Waals surface area contributed by atoms with Crippen LogP contribution in [0.25, 0.3) is 0 Å². The molecule has 1 heterocycles. The molecular formula is C15H26N2O3S. The fourth-order valence-electron chi connectivity index (χ4n) is 1.63. The molecule has 0 saturated heterocycles. The van der Waals surface area contributed by atoms with Gasteiger partial charge in [0.25, 0.3) is 0 Å². The number of carbonyl (C=O) groups excluding carboxylic acids is 1. The number of thiophene rings is 1. The number of amides is 1. The van der Waals surface area contributed by atoms with Crippen LogP contribution in [-0.2, 0) is 16.1 Å². The number of hydrogen-bond acceptors (Lipinski definition) is 5. The van der Waals surface area contributed by atoms with Crippen molar-refractivity contribution in [3.05, 3.63) is 22.4 Å². The van der Waals surface area contributed by atoms with E-state index in [4.69, 9.17) is 4.74 Å². The highest BCUT2D eigenvalue weighted by Crippen LogP contribution is 2.09. The van der Waals surface area contributed by atoms with Crippen LogP contribution in [0, 0.1) is 5.92 Å². The molecule has 0 bridgehead atoms. The highest BCUT2D eigenvalue weighted by molar-refractivity contribution is 7.09. The largest absolute Gasteiger partial charge is 0.389 e. The second-order valence-electron chi connectivity index (χ2n) is 5.40. The smallest absolute Gasteiger partial charge is 0.221 e. The van der Waals surface area contributed by atoms with Gasteiger partial charge in [0.05, 0.1) is 19.3 Å². The third-order valence-corrected chi connectivity index (χ3v) is 3.60. The first kappa shape index (κ1) is 18.1. The highest BCUT2D eigenvalue weighted by Gasteiger charge is 2.06. The Labute approximate surface area is 130 Å². The minimum Gasteiger partial charge on any atom is -0.389 e. The zero-order valence-corrected chi connectivity index (χ0v) is 13.6. The number of aliphatic hydroxyl groups is 1. The summed E-state index contributed by atoms with van der Waals surface area (Å²) >= 11 is 1.64. The fraction of sp³-hybridized carbons (Fsp3) is 0.667. The number of hydrogen-bond donors (Lipinski definition) is 3. The van der Waals surface area contributed by atoms with Gasteiger partial charge < -0.3 is 20.5 Å². The maximum Gasteiger partial charge on any atom is 0.221 e. The molecule has 120 valence electrons. The molecule has 21 heavy (non-hydrogen) atoms. The topological polar surface area (TPSA) is 70.6 Å². The molecule has 1 aromatic rings. The van der Waals surface area contributed by atoms with Crippen molar-refractivity contribution in [2.45, 2.75) is 33.0 Å². The molecule has 1 unspecified atom stereocenters. The summed E-state index contributed by atoms with van der Waals surface area (Å²) < 4.78 is 5.42. The van der Waals surface area contributed by atoms with E-state index in [1.54, 1.807) is 11.3 Å². The Morgan fingerprint density at radius 2 is 2.24 bits per heavy atom. The second-order valence-corrected chi connectivity index (χ2v) is 6.43. The first-order valence-corrected chi connectivity index (χ1v) is 8.21. The molecule has 3 N–H and O–H groups in total. The predicted molar refractivity (Wildman–Crippen MR) is 85.3 cm³/mol. The van der Waals surface area contributed by atoms with E-state index in [1.807, 2.05) is 17.5 Å². The van der Waals surface area contributed by atoms with E-state index >= 15 is 0 Å². The van der Waals surface area contributed by atoms with Crippen molar-refractivity contribution < 1.29 is 14.6 Å². The van der Waals surface area contributed by atoms with Gasteiger partial charge in [-0.1, -0.05) is 19.9 Å². The van der Waals surface area contributed by atoms with Gasteiger partial charge in [-0.3, -0.25) is 4.79 Å². The van der Waals surface area contributed by atoms with Gasteiger partial charge in [0.1, 0.15) is 0 Å². The molecule has 1 aromatic heterocycles. The summed E-state index contributed by atoms with van der Waals surface area (Å²) in [5.41, 5.74) is 0. The Hall–Kier alpha value is -0.950. The first-order chi connectivity index (χ1) is 10.1. The maximum atomic E-state index is 11.5. The van der Waals surface area contributed by atoms with Crippen LogP contribution in [0.15, 0.2) is 17.5 Å². The SMILES string of the molecule is CC(C)CNC(=O)CCNCC(O)COCc1cccs1. The summed E-state index contributed by atoms with van der Waals surface area (Å²) in [4.78, 5) is 12.6. The molecule has 0 radical (unpaired) electrons. The van der Waals surface area contributed by atoms with E-state index in [0.717, 1.165) is 4.88 Å². The van der Waals surface area contributed by atoms with E-state index in [-0.39, 0.29) is 5.91 Å². The van der Waals surface area contributed by atoms with Gasteiger partial charge in [-0.25, -0.2) is 0 Å². The van der Waals surface area contributed by atoms with Crippen LogP contribution in [0.5, 0.6) is 0 Å². The van der Waals surface area contributed by atoms with Crippen molar-refractivity contribution in [1.29, 1.82) is 0 Å². The van der Waals surface area contributed by atoms with Crippen LogP contribution in [0.1, 0.15) is 25.1 Å². The zero-order valence-electron chi connectivity index (χ0n) is 12.8. The third kappa shape index (κ3) is 9.57. The number of ether oxygens (including phenoxy) is 1. The van der Waals surface area contributed by atoms with Crippen LogP contribution in [-0.4, -0.2) is 43.4 Å². The molecule has 0 saturated carbocycles. The molecule has 0 aliphatic heterocycles. The summed E-state index contributed by atoms with van der Waals surface area (Å²) in [6.07, 6.45) is -0.126. The predicted octanol–water partition coefficient (Wildman–Crippen LogP) is 1.38. The summed E-state index contributed by atoms with van der Waals surface area (Å²) in [6.45, 7) is 6.65. The lowest BCUT2D eigenvalue weighted by Gasteiger charge is -2.12. The molecule has 1 rings (SSSR count). The molecule has 5 nitrogen and oxygen atoms in total. The molecular weight excluding hydrogens is 288 g/mol. The summed E-state index contributed by atoms with van der Waals surface area (Å²) in [7, 11) is 0. The lowest BCUT2D eigenvalue weighted by atomic mass is 10.2. The van der Waals surface area contributed by atoms with E-state index in [2.05, 4.69) is 24.5 Å². The van der Waals surface area contributed by atoms with Gasteiger partial charge in [-0.15, -0.1) is 11.3 Å². The normalized spacial score (nSPS) is 12.6. The van der Waals surface area contributed by atoms with Gasteiger partial charge >= 0.3 is 0 Å². The average molecular weight is 314 g/mol. The monoisotopic (exact) mass is 314 g/mol. The number of rotatable bonds is 11. The Balaban J connectivity index is 1.95. The number of aliphatic hydroxyl groups excluding tert-OH is 1. The van der Waals surface area contributed by atoms with Crippen molar-refractivity contribution in [2.24, 2.45) is 5.92 Å². The molecule has 0 aliphatic rings. The van der Waals surface area contributed by atoms with Crippen molar-refractivity contribution in [1.82, 2.24) is 10.6 Å². The Morgan fingerprint density at radius 1 is 1.43 bits per heavy atom. The number of nitrogens with one attached hydrogen (secondary N) is 2. The van der Waals surface area contributed by atoms with Crippen LogP contribution in [0.2, 0.25) is 0 Å². The highest BCUT2D eigenvalue weighted by atomic mass is 32.1. The minimum atomic E-state index is -0.552. The van der Waals surface area contributed by atoms with Gasteiger partial charge in [0.15, 0.2) is 0 Å². The van der Waals surface area contributed by atoms with E-state index < -0.39 is 6.10 Å². The molecule has 1 atom stereocenters. The molecule has 6 heteroatoms. The van der Waals surface area contributed by atoms with Crippen molar-refractivity contribution in [2.75, 3.05) is 26.2 Å². The second kappa shape index (κ2) is 10.7. The lowest BCUT2D eigenvalue weighted by molar-refractivity contribution is -0.121. The van der Waals surface area contributed by atoms with E-state index in [0.29, 0.717) is 45.2 Å². The molecule has 0 aliphatic carbocycles.